The third-order valence-electron chi connectivity index (χ3n) is 4.93. The van der Waals surface area contributed by atoms with Crippen molar-refractivity contribution in [2.24, 2.45) is 0 Å². The number of carbonyl (C=O) groups is 1. The van der Waals surface area contributed by atoms with E-state index in [4.69, 9.17) is 9.47 Å². The number of hydrogen-bond donors (Lipinski definition) is 1. The van der Waals surface area contributed by atoms with Gasteiger partial charge in [0.05, 0.1) is 6.54 Å². The maximum absolute atomic E-state index is 12.2. The smallest absolute Gasteiger partial charge is 0.234 e. The molecule has 2 aliphatic heterocycles. The lowest BCUT2D eigenvalue weighted by atomic mass is 10.2. The Balaban J connectivity index is 1.14. The van der Waals surface area contributed by atoms with Crippen LogP contribution in [0, 0.1) is 0 Å². The summed E-state index contributed by atoms with van der Waals surface area (Å²) in [6.45, 7) is 4.79. The van der Waals surface area contributed by atoms with Gasteiger partial charge in [0.1, 0.15) is 12.7 Å². The summed E-state index contributed by atoms with van der Waals surface area (Å²) in [6, 6.07) is 9.47. The van der Waals surface area contributed by atoms with Crippen molar-refractivity contribution in [1.29, 1.82) is 0 Å². The maximum atomic E-state index is 12.2. The lowest BCUT2D eigenvalue weighted by Gasteiger charge is -2.34. The van der Waals surface area contributed by atoms with E-state index >= 15 is 0 Å². The van der Waals surface area contributed by atoms with Gasteiger partial charge in [0.15, 0.2) is 11.5 Å². The highest BCUT2D eigenvalue weighted by Gasteiger charge is 2.22. The number of hydrogen-bond acceptors (Lipinski definition) is 7. The summed E-state index contributed by atoms with van der Waals surface area (Å²) in [7, 11) is 0. The molecule has 1 N–H and O–H groups in total. The molecular formula is C20H25N5O3. The van der Waals surface area contributed by atoms with Gasteiger partial charge in [-0.2, -0.15) is 0 Å². The number of nitrogens with zero attached hydrogens (tertiary/aromatic N) is 4. The number of carbonyl (C=O) groups excluding carboxylic acids is 1. The molecule has 3 heterocycles. The van der Waals surface area contributed by atoms with Crippen molar-refractivity contribution in [3.8, 4) is 11.5 Å². The second-order valence-electron chi connectivity index (χ2n) is 6.95. The number of para-hydroxylation sites is 2. The van der Waals surface area contributed by atoms with E-state index in [0.29, 0.717) is 19.7 Å². The number of piperazine rings is 1. The molecular weight excluding hydrogens is 358 g/mol. The lowest BCUT2D eigenvalue weighted by molar-refractivity contribution is -0.122. The van der Waals surface area contributed by atoms with Crippen LogP contribution in [0.3, 0.4) is 0 Å². The van der Waals surface area contributed by atoms with E-state index in [-0.39, 0.29) is 12.0 Å². The fourth-order valence-corrected chi connectivity index (χ4v) is 3.40. The van der Waals surface area contributed by atoms with E-state index in [9.17, 15) is 4.79 Å². The predicted molar refractivity (Wildman–Crippen MR) is 105 cm³/mol. The second-order valence-corrected chi connectivity index (χ2v) is 6.95. The van der Waals surface area contributed by atoms with E-state index in [1.54, 1.807) is 12.4 Å². The van der Waals surface area contributed by atoms with Crippen molar-refractivity contribution in [3.05, 3.63) is 42.7 Å². The van der Waals surface area contributed by atoms with Crippen molar-refractivity contribution in [2.45, 2.75) is 12.5 Å². The average molecular weight is 383 g/mol. The average Bonchev–Trinajstić information content (AvgIpc) is 2.75. The van der Waals surface area contributed by atoms with Crippen LogP contribution < -0.4 is 19.7 Å². The first-order valence-corrected chi connectivity index (χ1v) is 9.67. The second kappa shape index (κ2) is 8.88. The van der Waals surface area contributed by atoms with Crippen LogP contribution in [0.25, 0.3) is 0 Å². The van der Waals surface area contributed by atoms with Gasteiger partial charge in [0.25, 0.3) is 0 Å². The van der Waals surface area contributed by atoms with Crippen LogP contribution in [0.15, 0.2) is 42.7 Å². The molecule has 4 rings (SSSR count). The number of amides is 1. The van der Waals surface area contributed by atoms with Gasteiger partial charge in [-0.1, -0.05) is 12.1 Å². The van der Waals surface area contributed by atoms with Gasteiger partial charge in [-0.3, -0.25) is 9.69 Å². The standard InChI is InChI=1S/C20H25N5O3/c26-19(14-24-10-12-25(13-11-24)20-22-7-3-8-23-20)21-9-6-16-15-27-17-4-1-2-5-18(17)28-16/h1-5,7-8,16H,6,9-15H2,(H,21,26)/t16-/m1/s1. The first-order chi connectivity index (χ1) is 13.8. The zero-order chi connectivity index (χ0) is 19.2. The van der Waals surface area contributed by atoms with Crippen molar-refractivity contribution in [3.63, 3.8) is 0 Å². The number of fused-ring (bicyclic) bond motifs is 1. The molecule has 1 fully saturated rings. The zero-order valence-corrected chi connectivity index (χ0v) is 15.8. The molecule has 8 nitrogen and oxygen atoms in total. The number of anilines is 1. The number of nitrogens with one attached hydrogen (secondary N) is 1. The normalized spacial score (nSPS) is 19.3. The highest BCUT2D eigenvalue weighted by Crippen LogP contribution is 2.31. The molecule has 0 aliphatic carbocycles. The van der Waals surface area contributed by atoms with E-state index in [1.807, 2.05) is 30.3 Å². The predicted octanol–water partition coefficient (Wildman–Crippen LogP) is 0.945. The number of benzene rings is 1. The molecule has 0 radical (unpaired) electrons. The van der Waals surface area contributed by atoms with Gasteiger partial charge in [0.2, 0.25) is 11.9 Å². The van der Waals surface area contributed by atoms with Gasteiger partial charge in [-0.05, 0) is 18.2 Å². The van der Waals surface area contributed by atoms with Crippen LogP contribution in [0.5, 0.6) is 11.5 Å². The third kappa shape index (κ3) is 4.69. The third-order valence-corrected chi connectivity index (χ3v) is 4.93. The summed E-state index contributed by atoms with van der Waals surface area (Å²) in [6.07, 6.45) is 4.19. The molecule has 2 aromatic rings. The molecule has 1 saturated heterocycles. The van der Waals surface area contributed by atoms with Crippen molar-refractivity contribution in [2.75, 3.05) is 50.8 Å². The summed E-state index contributed by atoms with van der Waals surface area (Å²) in [5.41, 5.74) is 0. The molecule has 0 bridgehead atoms. The number of ether oxygens (including phenoxy) is 2. The van der Waals surface area contributed by atoms with Gasteiger partial charge in [-0.15, -0.1) is 0 Å². The highest BCUT2D eigenvalue weighted by molar-refractivity contribution is 5.78. The van der Waals surface area contributed by atoms with Crippen LogP contribution in [-0.4, -0.2) is 72.8 Å². The molecule has 0 spiro atoms. The van der Waals surface area contributed by atoms with E-state index in [0.717, 1.165) is 50.0 Å². The minimum Gasteiger partial charge on any atom is -0.486 e. The largest absolute Gasteiger partial charge is 0.486 e. The fraction of sp³-hybridized carbons (Fsp3) is 0.450. The Morgan fingerprint density at radius 3 is 2.61 bits per heavy atom. The van der Waals surface area contributed by atoms with Crippen molar-refractivity contribution in [1.82, 2.24) is 20.2 Å². The summed E-state index contributed by atoms with van der Waals surface area (Å²) in [5, 5.41) is 2.99. The van der Waals surface area contributed by atoms with Gasteiger partial charge in [0, 0.05) is 51.5 Å². The fourth-order valence-electron chi connectivity index (χ4n) is 3.40. The molecule has 148 valence electrons. The molecule has 1 amide bonds. The van der Waals surface area contributed by atoms with E-state index in [2.05, 4.69) is 25.1 Å². The first-order valence-electron chi connectivity index (χ1n) is 9.67. The zero-order valence-electron chi connectivity index (χ0n) is 15.8. The monoisotopic (exact) mass is 383 g/mol. The number of rotatable bonds is 6. The molecule has 1 aromatic heterocycles. The van der Waals surface area contributed by atoms with Crippen LogP contribution in [0.1, 0.15) is 6.42 Å². The van der Waals surface area contributed by atoms with Crippen molar-refractivity contribution >= 4 is 11.9 Å². The SMILES string of the molecule is O=C(CN1CCN(c2ncccn2)CC1)NCC[C@@H]1COc2ccccc2O1. The topological polar surface area (TPSA) is 79.8 Å². The Hall–Kier alpha value is -2.87. The maximum Gasteiger partial charge on any atom is 0.234 e. The van der Waals surface area contributed by atoms with Crippen LogP contribution in [0.4, 0.5) is 5.95 Å². The van der Waals surface area contributed by atoms with Gasteiger partial charge >= 0.3 is 0 Å². The Bertz CT molecular complexity index is 780. The minimum absolute atomic E-state index is 0.0374. The highest BCUT2D eigenvalue weighted by atomic mass is 16.6. The summed E-state index contributed by atoms with van der Waals surface area (Å²) in [5.74, 6) is 2.34. The number of aromatic nitrogens is 2. The van der Waals surface area contributed by atoms with Crippen molar-refractivity contribution < 1.29 is 14.3 Å². The summed E-state index contributed by atoms with van der Waals surface area (Å²) >= 11 is 0. The Morgan fingerprint density at radius 1 is 1.07 bits per heavy atom. The van der Waals surface area contributed by atoms with E-state index in [1.165, 1.54) is 0 Å². The van der Waals surface area contributed by atoms with Gasteiger partial charge in [-0.25, -0.2) is 9.97 Å². The molecule has 2 aliphatic rings. The molecule has 0 unspecified atom stereocenters. The van der Waals surface area contributed by atoms with E-state index < -0.39 is 0 Å². The molecule has 1 aromatic carbocycles. The van der Waals surface area contributed by atoms with Crippen LogP contribution >= 0.6 is 0 Å². The summed E-state index contributed by atoms with van der Waals surface area (Å²) in [4.78, 5) is 25.1. The molecule has 0 saturated carbocycles. The van der Waals surface area contributed by atoms with Crippen LogP contribution in [0.2, 0.25) is 0 Å². The minimum atomic E-state index is -0.0374. The summed E-state index contributed by atoms with van der Waals surface area (Å²) < 4.78 is 11.6. The van der Waals surface area contributed by atoms with Gasteiger partial charge < -0.3 is 19.7 Å². The Morgan fingerprint density at radius 2 is 1.82 bits per heavy atom. The Labute approximate surface area is 164 Å². The Kier molecular flexibility index (Phi) is 5.86. The first kappa shape index (κ1) is 18.5. The molecule has 28 heavy (non-hydrogen) atoms. The molecule has 1 atom stereocenters. The quantitative estimate of drug-likeness (QED) is 0.795. The van der Waals surface area contributed by atoms with Crippen LogP contribution in [-0.2, 0) is 4.79 Å². The lowest BCUT2D eigenvalue weighted by Crippen LogP contribution is -2.50. The molecule has 8 heteroatoms.